The Morgan fingerprint density at radius 2 is 2.20 bits per heavy atom. The smallest absolute Gasteiger partial charge is 0.189 e. The van der Waals surface area contributed by atoms with Crippen molar-refractivity contribution in [3.05, 3.63) is 24.0 Å². The van der Waals surface area contributed by atoms with Gasteiger partial charge in [0.15, 0.2) is 6.79 Å². The first-order chi connectivity index (χ1) is 7.25. The van der Waals surface area contributed by atoms with Crippen LogP contribution in [0.5, 0.6) is 5.75 Å². The van der Waals surface area contributed by atoms with Crippen LogP contribution in [0.4, 0.5) is 10.1 Å². The summed E-state index contributed by atoms with van der Waals surface area (Å²) in [5.41, 5.74) is 5.46. The molecule has 1 aromatic carbocycles. The maximum absolute atomic E-state index is 13.0. The zero-order valence-electron chi connectivity index (χ0n) is 8.41. The van der Waals surface area contributed by atoms with Crippen molar-refractivity contribution in [1.29, 1.82) is 0 Å². The van der Waals surface area contributed by atoms with E-state index in [-0.39, 0.29) is 12.5 Å². The standard InChI is InChI=1S/C11H14FNO2/c12-10-5-9(3-4-11(10)13)15-7-14-6-8-1-2-8/h3-5,8H,1-2,6-7,13H2. The molecule has 0 atom stereocenters. The van der Waals surface area contributed by atoms with Gasteiger partial charge in [-0.3, -0.25) is 0 Å². The second-order valence-electron chi connectivity index (χ2n) is 3.76. The molecule has 4 heteroatoms. The van der Waals surface area contributed by atoms with E-state index in [1.807, 2.05) is 0 Å². The van der Waals surface area contributed by atoms with Crippen molar-refractivity contribution in [3.63, 3.8) is 0 Å². The highest BCUT2D eigenvalue weighted by Crippen LogP contribution is 2.28. The van der Waals surface area contributed by atoms with Gasteiger partial charge in [0.1, 0.15) is 11.6 Å². The minimum atomic E-state index is -0.463. The Bertz CT molecular complexity index is 339. The highest BCUT2D eigenvalue weighted by atomic mass is 19.1. The lowest BCUT2D eigenvalue weighted by Crippen LogP contribution is -2.05. The van der Waals surface area contributed by atoms with Crippen LogP contribution in [0.15, 0.2) is 18.2 Å². The third-order valence-electron chi connectivity index (χ3n) is 2.33. The quantitative estimate of drug-likeness (QED) is 0.461. The predicted octanol–water partition coefficient (Wildman–Crippen LogP) is 2.17. The van der Waals surface area contributed by atoms with Crippen molar-refractivity contribution in [1.82, 2.24) is 0 Å². The molecule has 0 unspecified atom stereocenters. The lowest BCUT2D eigenvalue weighted by atomic mass is 10.3. The molecule has 0 amide bonds. The van der Waals surface area contributed by atoms with E-state index in [9.17, 15) is 4.39 Å². The number of nitrogen functional groups attached to an aromatic ring is 1. The molecule has 2 rings (SSSR count). The van der Waals surface area contributed by atoms with Gasteiger partial charge in [-0.25, -0.2) is 4.39 Å². The van der Waals surface area contributed by atoms with Crippen LogP contribution >= 0.6 is 0 Å². The maximum atomic E-state index is 13.0. The van der Waals surface area contributed by atoms with Gasteiger partial charge in [0.2, 0.25) is 0 Å². The van der Waals surface area contributed by atoms with Gasteiger partial charge in [-0.15, -0.1) is 0 Å². The Hall–Kier alpha value is -1.29. The Morgan fingerprint density at radius 1 is 1.40 bits per heavy atom. The largest absolute Gasteiger partial charge is 0.467 e. The molecule has 82 valence electrons. The van der Waals surface area contributed by atoms with Crippen LogP contribution in [-0.4, -0.2) is 13.4 Å². The van der Waals surface area contributed by atoms with Crippen LogP contribution in [0, 0.1) is 11.7 Å². The molecular weight excluding hydrogens is 197 g/mol. The minimum Gasteiger partial charge on any atom is -0.467 e. The first-order valence-corrected chi connectivity index (χ1v) is 5.01. The van der Waals surface area contributed by atoms with Crippen LogP contribution in [0.25, 0.3) is 0 Å². The number of halogens is 1. The van der Waals surface area contributed by atoms with E-state index in [2.05, 4.69) is 0 Å². The van der Waals surface area contributed by atoms with E-state index in [1.54, 1.807) is 6.07 Å². The third-order valence-corrected chi connectivity index (χ3v) is 2.33. The molecule has 1 aliphatic carbocycles. The monoisotopic (exact) mass is 211 g/mol. The van der Waals surface area contributed by atoms with Gasteiger partial charge in [0.25, 0.3) is 0 Å². The van der Waals surface area contributed by atoms with Crippen molar-refractivity contribution in [2.45, 2.75) is 12.8 Å². The predicted molar refractivity (Wildman–Crippen MR) is 55.0 cm³/mol. The molecular formula is C11H14FNO2. The average molecular weight is 211 g/mol. The van der Waals surface area contributed by atoms with Crippen LogP contribution < -0.4 is 10.5 Å². The summed E-state index contributed by atoms with van der Waals surface area (Å²) in [6.07, 6.45) is 2.49. The van der Waals surface area contributed by atoms with Gasteiger partial charge in [-0.2, -0.15) is 0 Å². The van der Waals surface area contributed by atoms with Crippen LogP contribution in [-0.2, 0) is 4.74 Å². The second-order valence-corrected chi connectivity index (χ2v) is 3.76. The van der Waals surface area contributed by atoms with Gasteiger partial charge >= 0.3 is 0 Å². The van der Waals surface area contributed by atoms with Gasteiger partial charge in [0, 0.05) is 6.07 Å². The first kappa shape index (κ1) is 10.2. The summed E-state index contributed by atoms with van der Waals surface area (Å²) in [6, 6.07) is 4.36. The lowest BCUT2D eigenvalue weighted by molar-refractivity contribution is 0.00985. The number of ether oxygens (including phenoxy) is 2. The van der Waals surface area contributed by atoms with E-state index >= 15 is 0 Å². The minimum absolute atomic E-state index is 0.126. The summed E-state index contributed by atoms with van der Waals surface area (Å²) in [5, 5.41) is 0. The number of rotatable bonds is 5. The van der Waals surface area contributed by atoms with Gasteiger partial charge < -0.3 is 15.2 Å². The first-order valence-electron chi connectivity index (χ1n) is 5.01. The van der Waals surface area contributed by atoms with Crippen LogP contribution in [0.1, 0.15) is 12.8 Å². The molecule has 0 spiro atoms. The SMILES string of the molecule is Nc1ccc(OCOCC2CC2)cc1F. The Kier molecular flexibility index (Phi) is 3.06. The normalized spacial score (nSPS) is 15.3. The third kappa shape index (κ3) is 3.09. The van der Waals surface area contributed by atoms with Crippen molar-refractivity contribution in [2.24, 2.45) is 5.92 Å². The number of hydrogen-bond donors (Lipinski definition) is 1. The van der Waals surface area contributed by atoms with E-state index < -0.39 is 5.82 Å². The number of anilines is 1. The number of nitrogens with two attached hydrogens (primary N) is 1. The molecule has 0 heterocycles. The summed E-state index contributed by atoms with van der Waals surface area (Å²) < 4.78 is 23.4. The summed E-state index contributed by atoms with van der Waals surface area (Å²) in [7, 11) is 0. The van der Waals surface area contributed by atoms with Crippen molar-refractivity contribution in [3.8, 4) is 5.75 Å². The Morgan fingerprint density at radius 3 is 2.87 bits per heavy atom. The van der Waals surface area contributed by atoms with Gasteiger partial charge in [0.05, 0.1) is 12.3 Å². The molecule has 1 aliphatic rings. The fourth-order valence-corrected chi connectivity index (χ4v) is 1.21. The Labute approximate surface area is 88.0 Å². The van der Waals surface area contributed by atoms with E-state index in [1.165, 1.54) is 25.0 Å². The molecule has 0 aliphatic heterocycles. The fourth-order valence-electron chi connectivity index (χ4n) is 1.21. The molecule has 1 aromatic rings. The highest BCUT2D eigenvalue weighted by molar-refractivity contribution is 5.43. The average Bonchev–Trinajstić information content (AvgIpc) is 3.02. The Balaban J connectivity index is 1.74. The molecule has 0 saturated heterocycles. The van der Waals surface area contributed by atoms with E-state index in [4.69, 9.17) is 15.2 Å². The number of hydrogen-bond acceptors (Lipinski definition) is 3. The molecule has 1 fully saturated rings. The number of benzene rings is 1. The molecule has 0 bridgehead atoms. The van der Waals surface area contributed by atoms with Gasteiger partial charge in [-0.1, -0.05) is 0 Å². The molecule has 2 N–H and O–H groups in total. The van der Waals surface area contributed by atoms with Crippen molar-refractivity contribution < 1.29 is 13.9 Å². The summed E-state index contributed by atoms with van der Waals surface area (Å²) in [6.45, 7) is 0.900. The highest BCUT2D eigenvalue weighted by Gasteiger charge is 2.21. The summed E-state index contributed by atoms with van der Waals surface area (Å²) >= 11 is 0. The molecule has 3 nitrogen and oxygen atoms in total. The molecule has 0 radical (unpaired) electrons. The molecule has 0 aromatic heterocycles. The van der Waals surface area contributed by atoms with E-state index in [0.29, 0.717) is 11.7 Å². The topological polar surface area (TPSA) is 44.5 Å². The molecule has 1 saturated carbocycles. The lowest BCUT2D eigenvalue weighted by Gasteiger charge is -2.07. The maximum Gasteiger partial charge on any atom is 0.189 e. The van der Waals surface area contributed by atoms with Crippen LogP contribution in [0.2, 0.25) is 0 Å². The zero-order valence-corrected chi connectivity index (χ0v) is 8.41. The van der Waals surface area contributed by atoms with Gasteiger partial charge in [-0.05, 0) is 30.9 Å². The fraction of sp³-hybridized carbons (Fsp3) is 0.455. The van der Waals surface area contributed by atoms with E-state index in [0.717, 1.165) is 6.61 Å². The zero-order chi connectivity index (χ0) is 10.7. The second kappa shape index (κ2) is 4.49. The van der Waals surface area contributed by atoms with Crippen molar-refractivity contribution in [2.75, 3.05) is 19.1 Å². The summed E-state index contributed by atoms with van der Waals surface area (Å²) in [4.78, 5) is 0. The summed E-state index contributed by atoms with van der Waals surface area (Å²) in [5.74, 6) is 0.684. The molecule has 15 heavy (non-hydrogen) atoms. The van der Waals surface area contributed by atoms with Crippen LogP contribution in [0.3, 0.4) is 0 Å². The van der Waals surface area contributed by atoms with Crippen molar-refractivity contribution >= 4 is 5.69 Å².